The van der Waals surface area contributed by atoms with Gasteiger partial charge in [-0.1, -0.05) is 140 Å². The second kappa shape index (κ2) is 14.1. The molecule has 43 heavy (non-hydrogen) atoms. The third-order valence-electron chi connectivity index (χ3n) is 7.40. The van der Waals surface area contributed by atoms with Crippen molar-refractivity contribution in [2.24, 2.45) is 0 Å². The van der Waals surface area contributed by atoms with Gasteiger partial charge >= 0.3 is 0 Å². The lowest BCUT2D eigenvalue weighted by molar-refractivity contribution is 0.298. The van der Waals surface area contributed by atoms with E-state index < -0.39 is 0 Å². The molecule has 3 nitrogen and oxygen atoms in total. The average molecular weight is 563 g/mol. The number of ether oxygens (including phenoxy) is 3. The second-order valence-corrected chi connectivity index (χ2v) is 10.4. The lowest BCUT2D eigenvalue weighted by Gasteiger charge is -2.24. The summed E-state index contributed by atoms with van der Waals surface area (Å²) >= 11 is 0. The van der Waals surface area contributed by atoms with E-state index in [0.717, 1.165) is 50.6 Å². The Bertz CT molecular complexity index is 1610. The summed E-state index contributed by atoms with van der Waals surface area (Å²) in [7, 11) is 0. The molecule has 0 fully saturated rings. The highest BCUT2D eigenvalue weighted by molar-refractivity contribution is 5.54. The van der Waals surface area contributed by atoms with Crippen molar-refractivity contribution >= 4 is 0 Å². The predicted molar refractivity (Wildman–Crippen MR) is 173 cm³/mol. The molecule has 0 N–H and O–H groups in total. The molecule has 212 valence electrons. The average Bonchev–Trinajstić information content (AvgIpc) is 3.08. The van der Waals surface area contributed by atoms with Gasteiger partial charge in [-0.3, -0.25) is 0 Å². The van der Waals surface area contributed by atoms with Crippen molar-refractivity contribution in [1.29, 1.82) is 0 Å². The Kier molecular flexibility index (Phi) is 9.11. The van der Waals surface area contributed by atoms with E-state index in [0.29, 0.717) is 19.8 Å². The van der Waals surface area contributed by atoms with Gasteiger partial charge in [-0.2, -0.15) is 0 Å². The SMILES string of the molecule is c1ccc(COc2ccc(C(c3ccccc3OCc3ccccc3)c3ccccc3OCc3ccccc3)cc2)cc1. The fraction of sp³-hybridized carbons (Fsp3) is 0.100. The largest absolute Gasteiger partial charge is 0.489 e. The molecular formula is C40H34O3. The Labute approximate surface area is 254 Å². The fourth-order valence-corrected chi connectivity index (χ4v) is 5.20. The summed E-state index contributed by atoms with van der Waals surface area (Å²) in [5.74, 6) is 2.40. The van der Waals surface area contributed by atoms with Crippen LogP contribution in [0.3, 0.4) is 0 Å². The van der Waals surface area contributed by atoms with Crippen molar-refractivity contribution in [1.82, 2.24) is 0 Å². The van der Waals surface area contributed by atoms with Crippen molar-refractivity contribution in [3.05, 3.63) is 197 Å². The number of hydrogen-bond acceptors (Lipinski definition) is 3. The first kappa shape index (κ1) is 27.9. The molecule has 0 saturated carbocycles. The van der Waals surface area contributed by atoms with Crippen LogP contribution in [0.4, 0.5) is 0 Å². The number of hydrogen-bond donors (Lipinski definition) is 0. The maximum Gasteiger partial charge on any atom is 0.123 e. The van der Waals surface area contributed by atoms with E-state index in [-0.39, 0.29) is 5.92 Å². The Morgan fingerprint density at radius 2 is 0.721 bits per heavy atom. The Morgan fingerprint density at radius 1 is 0.349 bits per heavy atom. The topological polar surface area (TPSA) is 27.7 Å². The summed E-state index contributed by atoms with van der Waals surface area (Å²) in [6, 6.07) is 55.7. The summed E-state index contributed by atoms with van der Waals surface area (Å²) in [4.78, 5) is 0. The van der Waals surface area contributed by atoms with Crippen LogP contribution in [0, 0.1) is 0 Å². The molecule has 0 radical (unpaired) electrons. The zero-order valence-electron chi connectivity index (χ0n) is 24.0. The van der Waals surface area contributed by atoms with E-state index >= 15 is 0 Å². The van der Waals surface area contributed by atoms with Gasteiger partial charge in [0, 0.05) is 17.0 Å². The summed E-state index contributed by atoms with van der Waals surface area (Å²) in [6.07, 6.45) is 0. The van der Waals surface area contributed by atoms with Crippen LogP contribution in [0.5, 0.6) is 17.2 Å². The molecule has 6 rings (SSSR count). The van der Waals surface area contributed by atoms with Crippen molar-refractivity contribution in [3.8, 4) is 17.2 Å². The molecule has 6 aromatic carbocycles. The van der Waals surface area contributed by atoms with Crippen LogP contribution in [0.15, 0.2) is 164 Å². The van der Waals surface area contributed by atoms with E-state index in [2.05, 4.69) is 84.9 Å². The van der Waals surface area contributed by atoms with Gasteiger partial charge in [-0.15, -0.1) is 0 Å². The van der Waals surface area contributed by atoms with E-state index in [1.807, 2.05) is 78.9 Å². The predicted octanol–water partition coefficient (Wildman–Crippen LogP) is 9.60. The molecule has 0 amide bonds. The van der Waals surface area contributed by atoms with E-state index in [9.17, 15) is 0 Å². The molecule has 0 aromatic heterocycles. The minimum absolute atomic E-state index is 0.123. The van der Waals surface area contributed by atoms with Crippen molar-refractivity contribution in [3.63, 3.8) is 0 Å². The molecule has 0 aliphatic heterocycles. The van der Waals surface area contributed by atoms with Gasteiger partial charge in [0.2, 0.25) is 0 Å². The van der Waals surface area contributed by atoms with Crippen LogP contribution < -0.4 is 14.2 Å². The van der Waals surface area contributed by atoms with Crippen LogP contribution in [-0.4, -0.2) is 0 Å². The number of para-hydroxylation sites is 2. The molecule has 0 bridgehead atoms. The highest BCUT2D eigenvalue weighted by Gasteiger charge is 2.24. The maximum absolute atomic E-state index is 6.46. The summed E-state index contributed by atoms with van der Waals surface area (Å²) < 4.78 is 19.0. The van der Waals surface area contributed by atoms with Crippen LogP contribution in [0.25, 0.3) is 0 Å². The first-order chi connectivity index (χ1) is 21.3. The minimum Gasteiger partial charge on any atom is -0.489 e. The third-order valence-corrected chi connectivity index (χ3v) is 7.40. The normalized spacial score (nSPS) is 10.8. The van der Waals surface area contributed by atoms with Crippen LogP contribution in [0.1, 0.15) is 39.3 Å². The van der Waals surface area contributed by atoms with Gasteiger partial charge in [0.25, 0.3) is 0 Å². The molecule has 0 spiro atoms. The monoisotopic (exact) mass is 562 g/mol. The standard InChI is InChI=1S/C40H34O3/c1-4-14-31(15-5-1)28-41-35-26-24-34(25-27-35)40(36-20-10-12-22-38(36)42-29-32-16-6-2-7-17-32)37-21-11-13-23-39(37)43-30-33-18-8-3-9-19-33/h1-27,40H,28-30H2. The third kappa shape index (κ3) is 7.33. The highest BCUT2D eigenvalue weighted by Crippen LogP contribution is 2.42. The number of rotatable bonds is 12. The molecule has 0 atom stereocenters. The Morgan fingerprint density at radius 3 is 1.16 bits per heavy atom. The van der Waals surface area contributed by atoms with Crippen molar-refractivity contribution in [2.45, 2.75) is 25.7 Å². The van der Waals surface area contributed by atoms with Gasteiger partial charge in [0.1, 0.15) is 37.1 Å². The molecule has 0 heterocycles. The minimum atomic E-state index is -0.123. The molecule has 0 saturated heterocycles. The fourth-order valence-electron chi connectivity index (χ4n) is 5.20. The van der Waals surface area contributed by atoms with Gasteiger partial charge in [0.05, 0.1) is 0 Å². The molecule has 0 aliphatic rings. The molecule has 0 aliphatic carbocycles. The van der Waals surface area contributed by atoms with Gasteiger partial charge in [-0.05, 0) is 46.5 Å². The van der Waals surface area contributed by atoms with Gasteiger partial charge in [0.15, 0.2) is 0 Å². The zero-order valence-corrected chi connectivity index (χ0v) is 24.0. The number of benzene rings is 6. The van der Waals surface area contributed by atoms with Crippen molar-refractivity contribution < 1.29 is 14.2 Å². The Hall–Kier alpha value is -5.28. The summed E-state index contributed by atoms with van der Waals surface area (Å²) in [5, 5.41) is 0. The van der Waals surface area contributed by atoms with Crippen molar-refractivity contribution in [2.75, 3.05) is 0 Å². The smallest absolute Gasteiger partial charge is 0.123 e. The van der Waals surface area contributed by atoms with Gasteiger partial charge < -0.3 is 14.2 Å². The van der Waals surface area contributed by atoms with Gasteiger partial charge in [-0.25, -0.2) is 0 Å². The maximum atomic E-state index is 6.46. The molecular weight excluding hydrogens is 528 g/mol. The first-order valence-electron chi connectivity index (χ1n) is 14.6. The lowest BCUT2D eigenvalue weighted by atomic mass is 9.84. The summed E-state index contributed by atoms with van der Waals surface area (Å²) in [6.45, 7) is 1.50. The molecule has 6 aromatic rings. The van der Waals surface area contributed by atoms with E-state index in [1.54, 1.807) is 0 Å². The highest BCUT2D eigenvalue weighted by atomic mass is 16.5. The molecule has 0 unspecified atom stereocenters. The first-order valence-corrected chi connectivity index (χ1v) is 14.6. The Balaban J connectivity index is 1.34. The van der Waals surface area contributed by atoms with Crippen LogP contribution in [-0.2, 0) is 19.8 Å². The zero-order chi connectivity index (χ0) is 29.1. The van der Waals surface area contributed by atoms with Crippen LogP contribution >= 0.6 is 0 Å². The quantitative estimate of drug-likeness (QED) is 0.139. The van der Waals surface area contributed by atoms with E-state index in [4.69, 9.17) is 14.2 Å². The van der Waals surface area contributed by atoms with Crippen LogP contribution in [0.2, 0.25) is 0 Å². The lowest BCUT2D eigenvalue weighted by Crippen LogP contribution is -2.09. The summed E-state index contributed by atoms with van der Waals surface area (Å²) in [5.41, 5.74) is 6.66. The van der Waals surface area contributed by atoms with E-state index in [1.165, 1.54) is 0 Å². The second-order valence-electron chi connectivity index (χ2n) is 10.4. The molecule has 3 heteroatoms.